The van der Waals surface area contributed by atoms with Crippen LogP contribution in [0.2, 0.25) is 0 Å². The Morgan fingerprint density at radius 2 is 1.74 bits per heavy atom. The highest BCUT2D eigenvalue weighted by Gasteiger charge is 2.26. The Bertz CT molecular complexity index is 1180. The van der Waals surface area contributed by atoms with Gasteiger partial charge in [-0.05, 0) is 65.5 Å². The smallest absolute Gasteiger partial charge is 0.407 e. The average molecular weight is 481 g/mol. The molecule has 0 saturated heterocycles. The molecule has 1 aliphatic carbocycles. The number of carbonyl (C=O) groups is 2. The molecule has 0 radical (unpaired) electrons. The molecule has 1 aliphatic rings. The molecule has 0 unspecified atom stereocenters. The molecule has 10 heteroatoms. The number of hydrogen-bond donors (Lipinski definition) is 2. The summed E-state index contributed by atoms with van der Waals surface area (Å²) in [7, 11) is 0. The van der Waals surface area contributed by atoms with Crippen LogP contribution >= 0.6 is 0 Å². The van der Waals surface area contributed by atoms with Gasteiger partial charge in [-0.15, -0.1) is 0 Å². The second kappa shape index (κ2) is 10.3. The van der Waals surface area contributed by atoms with E-state index in [0.29, 0.717) is 11.5 Å². The van der Waals surface area contributed by atoms with E-state index in [1.165, 1.54) is 0 Å². The van der Waals surface area contributed by atoms with E-state index >= 15 is 0 Å². The quantitative estimate of drug-likeness (QED) is 0.504. The van der Waals surface area contributed by atoms with E-state index in [4.69, 9.17) is 14.5 Å². The highest BCUT2D eigenvalue weighted by Crippen LogP contribution is 2.27. The van der Waals surface area contributed by atoms with Gasteiger partial charge in [-0.3, -0.25) is 4.98 Å². The number of amides is 1. The van der Waals surface area contributed by atoms with Gasteiger partial charge in [0.15, 0.2) is 17.2 Å². The summed E-state index contributed by atoms with van der Waals surface area (Å²) >= 11 is 0. The third-order valence-electron chi connectivity index (χ3n) is 5.69. The van der Waals surface area contributed by atoms with Gasteiger partial charge in [-0.1, -0.05) is 0 Å². The maximum absolute atomic E-state index is 12.3. The van der Waals surface area contributed by atoms with Gasteiger partial charge in [-0.2, -0.15) is 0 Å². The predicted octanol–water partition coefficient (Wildman–Crippen LogP) is 4.22. The molecule has 1 amide bonds. The zero-order chi connectivity index (χ0) is 25.0. The lowest BCUT2D eigenvalue weighted by atomic mass is 9.91. The first-order chi connectivity index (χ1) is 16.7. The van der Waals surface area contributed by atoms with Crippen LogP contribution in [-0.4, -0.2) is 55.7 Å². The van der Waals surface area contributed by atoms with Crippen molar-refractivity contribution < 1.29 is 19.1 Å². The second-order valence-corrected chi connectivity index (χ2v) is 9.63. The lowest BCUT2D eigenvalue weighted by Crippen LogP contribution is -2.42. The normalized spacial score (nSPS) is 18.2. The number of imidazole rings is 1. The van der Waals surface area contributed by atoms with Gasteiger partial charge in [0.25, 0.3) is 0 Å². The van der Waals surface area contributed by atoms with Crippen molar-refractivity contribution in [1.29, 1.82) is 0 Å². The van der Waals surface area contributed by atoms with Crippen LogP contribution in [-0.2, 0) is 9.47 Å². The Morgan fingerprint density at radius 1 is 1.06 bits per heavy atom. The van der Waals surface area contributed by atoms with Gasteiger partial charge < -0.3 is 24.5 Å². The van der Waals surface area contributed by atoms with Crippen molar-refractivity contribution in [2.24, 2.45) is 0 Å². The van der Waals surface area contributed by atoms with Crippen LogP contribution in [0.15, 0.2) is 36.9 Å². The molecule has 0 atom stereocenters. The van der Waals surface area contributed by atoms with Crippen molar-refractivity contribution in [3.8, 4) is 11.3 Å². The maximum atomic E-state index is 12.3. The highest BCUT2D eigenvalue weighted by molar-refractivity contribution is 5.89. The van der Waals surface area contributed by atoms with Crippen LogP contribution in [0, 0.1) is 0 Å². The minimum Gasteiger partial charge on any atom is -0.461 e. The fourth-order valence-electron chi connectivity index (χ4n) is 4.11. The first-order valence-corrected chi connectivity index (χ1v) is 11.9. The van der Waals surface area contributed by atoms with E-state index < -0.39 is 11.6 Å². The molecule has 0 aromatic carbocycles. The molecule has 186 valence electrons. The third kappa shape index (κ3) is 6.26. The molecule has 2 N–H and O–H groups in total. The van der Waals surface area contributed by atoms with E-state index in [0.717, 1.165) is 36.9 Å². The van der Waals surface area contributed by atoms with Crippen LogP contribution in [0.4, 0.5) is 10.6 Å². The predicted molar refractivity (Wildman–Crippen MR) is 131 cm³/mol. The summed E-state index contributed by atoms with van der Waals surface area (Å²) in [5, 5.41) is 6.49. The molecule has 3 heterocycles. The van der Waals surface area contributed by atoms with Gasteiger partial charge in [0.2, 0.25) is 0 Å². The summed E-state index contributed by atoms with van der Waals surface area (Å²) in [5.74, 6) is 0.125. The fraction of sp³-hybridized carbons (Fsp3) is 0.480. The Kier molecular flexibility index (Phi) is 7.18. The van der Waals surface area contributed by atoms with Crippen molar-refractivity contribution in [3.63, 3.8) is 0 Å². The minimum atomic E-state index is -0.521. The van der Waals surface area contributed by atoms with Gasteiger partial charge in [0.1, 0.15) is 5.60 Å². The van der Waals surface area contributed by atoms with Crippen LogP contribution in [0.5, 0.6) is 0 Å². The zero-order valence-corrected chi connectivity index (χ0v) is 20.6. The SMILES string of the molecule is CCOC(=O)c1cn2cc(-c3ccncc3)nc(N[C@H]3CC[C@H](NC(=O)OC(C)(C)C)CC3)c2n1. The van der Waals surface area contributed by atoms with Gasteiger partial charge in [-0.25, -0.2) is 19.6 Å². The number of esters is 1. The van der Waals surface area contributed by atoms with E-state index in [1.807, 2.05) is 39.1 Å². The number of aromatic nitrogens is 4. The fourth-order valence-corrected chi connectivity index (χ4v) is 4.11. The number of pyridine rings is 1. The zero-order valence-electron chi connectivity index (χ0n) is 20.6. The Balaban J connectivity index is 1.52. The van der Waals surface area contributed by atoms with E-state index in [2.05, 4.69) is 20.6 Å². The number of rotatable bonds is 6. The van der Waals surface area contributed by atoms with E-state index in [9.17, 15) is 9.59 Å². The topological polar surface area (TPSA) is 120 Å². The molecule has 1 saturated carbocycles. The number of anilines is 1. The molecule has 35 heavy (non-hydrogen) atoms. The van der Waals surface area contributed by atoms with E-state index in [1.54, 1.807) is 29.9 Å². The summed E-state index contributed by atoms with van der Waals surface area (Å²) < 4.78 is 12.3. The third-order valence-corrected chi connectivity index (χ3v) is 5.69. The number of ether oxygens (including phenoxy) is 2. The number of carbonyl (C=O) groups excluding carboxylic acids is 2. The lowest BCUT2D eigenvalue weighted by Gasteiger charge is -2.30. The maximum Gasteiger partial charge on any atom is 0.407 e. The summed E-state index contributed by atoms with van der Waals surface area (Å²) in [6.45, 7) is 7.59. The van der Waals surface area contributed by atoms with Gasteiger partial charge in [0, 0.05) is 42.4 Å². The summed E-state index contributed by atoms with van der Waals surface area (Å²) in [5.41, 5.74) is 1.90. The van der Waals surface area contributed by atoms with Crippen LogP contribution in [0.1, 0.15) is 63.9 Å². The highest BCUT2D eigenvalue weighted by atomic mass is 16.6. The number of fused-ring (bicyclic) bond motifs is 1. The van der Waals surface area contributed by atoms with Crippen molar-refractivity contribution in [3.05, 3.63) is 42.6 Å². The molecule has 0 bridgehead atoms. The molecular formula is C25H32N6O4. The number of nitrogens with zero attached hydrogens (tertiary/aromatic N) is 4. The lowest BCUT2D eigenvalue weighted by molar-refractivity contribution is 0.0488. The molecule has 0 spiro atoms. The van der Waals surface area contributed by atoms with Crippen LogP contribution in [0.3, 0.4) is 0 Å². The molecule has 10 nitrogen and oxygen atoms in total. The van der Waals surface area contributed by atoms with Crippen molar-refractivity contribution in [1.82, 2.24) is 24.7 Å². The molecule has 1 fully saturated rings. The largest absolute Gasteiger partial charge is 0.461 e. The van der Waals surface area contributed by atoms with Crippen molar-refractivity contribution in [2.45, 2.75) is 71.1 Å². The summed E-state index contributed by atoms with van der Waals surface area (Å²) in [6, 6.07) is 3.99. The average Bonchev–Trinajstić information content (AvgIpc) is 3.25. The Morgan fingerprint density at radius 3 is 2.40 bits per heavy atom. The molecule has 3 aromatic heterocycles. The van der Waals surface area contributed by atoms with Gasteiger partial charge >= 0.3 is 12.1 Å². The first-order valence-electron chi connectivity index (χ1n) is 11.9. The molecule has 4 rings (SSSR count). The Hall–Kier alpha value is -3.69. The minimum absolute atomic E-state index is 0.0703. The monoisotopic (exact) mass is 480 g/mol. The summed E-state index contributed by atoms with van der Waals surface area (Å²) in [4.78, 5) is 37.8. The number of alkyl carbamates (subject to hydrolysis) is 1. The molecule has 0 aliphatic heterocycles. The first kappa shape index (κ1) is 24.4. The summed E-state index contributed by atoms with van der Waals surface area (Å²) in [6.07, 6.45) is 9.87. The Labute approximate surface area is 204 Å². The standard InChI is InChI=1S/C25H32N6O4/c1-5-34-23(32)20-15-31-14-19(16-10-12-26-13-11-16)29-21(22(31)30-20)27-17-6-8-18(9-7-17)28-24(33)35-25(2,3)4/h10-15,17-18H,5-9H2,1-4H3,(H,27,29)(H,28,33)/t17-,18-. The number of hydrogen-bond acceptors (Lipinski definition) is 8. The molecular weight excluding hydrogens is 448 g/mol. The van der Waals surface area contributed by atoms with Gasteiger partial charge in [0.05, 0.1) is 12.3 Å². The molecule has 3 aromatic rings. The van der Waals surface area contributed by atoms with Crippen LogP contribution < -0.4 is 10.6 Å². The second-order valence-electron chi connectivity index (χ2n) is 9.63. The van der Waals surface area contributed by atoms with Crippen molar-refractivity contribution in [2.75, 3.05) is 11.9 Å². The van der Waals surface area contributed by atoms with Crippen molar-refractivity contribution >= 4 is 23.5 Å². The number of nitrogens with one attached hydrogen (secondary N) is 2. The van der Waals surface area contributed by atoms with E-state index in [-0.39, 0.29) is 30.5 Å². The van der Waals surface area contributed by atoms with Crippen LogP contribution in [0.25, 0.3) is 16.9 Å².